The number of benzene rings is 2. The molecule has 3 aromatic rings. The molecule has 0 radical (unpaired) electrons. The largest absolute Gasteiger partial charge is 0.472 e. The van der Waals surface area contributed by atoms with E-state index in [9.17, 15) is 0 Å². The van der Waals surface area contributed by atoms with Gasteiger partial charge < -0.3 is 4.42 Å². The maximum atomic E-state index is 5.57. The predicted molar refractivity (Wildman–Crippen MR) is 97.3 cm³/mol. The van der Waals surface area contributed by atoms with Gasteiger partial charge in [0.25, 0.3) is 0 Å². The van der Waals surface area contributed by atoms with E-state index in [1.165, 1.54) is 33.0 Å². The van der Waals surface area contributed by atoms with Gasteiger partial charge in [0.05, 0.1) is 20.6 Å². The number of furan rings is 1. The lowest BCUT2D eigenvalue weighted by Gasteiger charge is -2.18. The van der Waals surface area contributed by atoms with Crippen molar-refractivity contribution in [2.45, 2.75) is 26.6 Å². The van der Waals surface area contributed by atoms with E-state index in [2.05, 4.69) is 75.1 Å². The van der Waals surface area contributed by atoms with E-state index in [-0.39, 0.29) is 0 Å². The van der Waals surface area contributed by atoms with Crippen molar-refractivity contribution in [2.24, 2.45) is 0 Å². The van der Waals surface area contributed by atoms with Crippen LogP contribution < -0.4 is 5.19 Å². The van der Waals surface area contributed by atoms with Gasteiger partial charge in [0.1, 0.15) is 0 Å². The van der Waals surface area contributed by atoms with Gasteiger partial charge in [0.2, 0.25) is 0 Å². The summed E-state index contributed by atoms with van der Waals surface area (Å²) in [6.45, 7) is 9.19. The van der Waals surface area contributed by atoms with Crippen LogP contribution in [-0.2, 0) is 0 Å². The molecule has 1 aromatic heterocycles. The van der Waals surface area contributed by atoms with Crippen molar-refractivity contribution >= 4 is 13.3 Å². The SMILES string of the molecule is Cc1ccc(-c2ccccc2-c2cocc2[Si](C)(C)C)cc1. The average Bonchev–Trinajstić information content (AvgIpc) is 2.97. The fraction of sp³-hybridized carbons (Fsp3) is 0.200. The molecule has 0 spiro atoms. The van der Waals surface area contributed by atoms with Gasteiger partial charge >= 0.3 is 0 Å². The molecule has 0 N–H and O–H groups in total. The Morgan fingerprint density at radius 1 is 0.727 bits per heavy atom. The molecular formula is C20H22OSi. The fourth-order valence-corrected chi connectivity index (χ4v) is 4.21. The molecule has 0 saturated carbocycles. The van der Waals surface area contributed by atoms with Gasteiger partial charge in [0.15, 0.2) is 0 Å². The molecule has 3 rings (SSSR count). The van der Waals surface area contributed by atoms with E-state index < -0.39 is 8.07 Å². The maximum absolute atomic E-state index is 5.57. The number of rotatable bonds is 3. The quantitative estimate of drug-likeness (QED) is 0.585. The first-order valence-corrected chi connectivity index (χ1v) is 11.2. The minimum Gasteiger partial charge on any atom is -0.472 e. The minimum absolute atomic E-state index is 1.25. The normalized spacial score (nSPS) is 11.6. The molecule has 0 aliphatic carbocycles. The van der Waals surface area contributed by atoms with Crippen molar-refractivity contribution in [1.29, 1.82) is 0 Å². The Bertz CT molecular complexity index is 776. The van der Waals surface area contributed by atoms with Gasteiger partial charge in [-0.3, -0.25) is 0 Å². The van der Waals surface area contributed by atoms with Crippen LogP contribution in [0.5, 0.6) is 0 Å². The van der Waals surface area contributed by atoms with E-state index in [4.69, 9.17) is 4.42 Å². The van der Waals surface area contributed by atoms with Crippen LogP contribution in [0.4, 0.5) is 0 Å². The van der Waals surface area contributed by atoms with Crippen LogP contribution >= 0.6 is 0 Å². The van der Waals surface area contributed by atoms with Gasteiger partial charge in [-0.2, -0.15) is 0 Å². The molecule has 0 fully saturated rings. The summed E-state index contributed by atoms with van der Waals surface area (Å²) in [6, 6.07) is 17.3. The summed E-state index contributed by atoms with van der Waals surface area (Å²) in [7, 11) is -1.44. The predicted octanol–water partition coefficient (Wildman–Crippen LogP) is 5.47. The van der Waals surface area contributed by atoms with Crippen molar-refractivity contribution in [3.05, 3.63) is 66.6 Å². The van der Waals surface area contributed by atoms with Crippen LogP contribution in [0.3, 0.4) is 0 Å². The summed E-state index contributed by atoms with van der Waals surface area (Å²) in [5.74, 6) is 0. The van der Waals surface area contributed by atoms with Crippen molar-refractivity contribution in [3.8, 4) is 22.3 Å². The third-order valence-corrected chi connectivity index (χ3v) is 6.05. The van der Waals surface area contributed by atoms with Crippen LogP contribution in [-0.4, -0.2) is 8.07 Å². The van der Waals surface area contributed by atoms with Gasteiger partial charge in [-0.1, -0.05) is 73.7 Å². The molecule has 0 bridgehead atoms. The molecule has 22 heavy (non-hydrogen) atoms. The van der Waals surface area contributed by atoms with Gasteiger partial charge in [-0.25, -0.2) is 0 Å². The standard InChI is InChI=1S/C20H22OSi/c1-15-9-11-16(12-10-15)17-7-5-6-8-18(17)19-13-21-14-20(19)22(2,3)4/h5-14H,1-4H3. The lowest BCUT2D eigenvalue weighted by molar-refractivity contribution is 0.569. The van der Waals surface area contributed by atoms with E-state index in [0.717, 1.165) is 0 Å². The fourth-order valence-electron chi connectivity index (χ4n) is 2.79. The van der Waals surface area contributed by atoms with Crippen LogP contribution in [0, 0.1) is 6.92 Å². The highest BCUT2D eigenvalue weighted by molar-refractivity contribution is 6.89. The molecule has 112 valence electrons. The first-order chi connectivity index (χ1) is 10.5. The number of aryl methyl sites for hydroxylation is 1. The van der Waals surface area contributed by atoms with Gasteiger partial charge in [-0.05, 0) is 28.8 Å². The molecule has 1 heterocycles. The highest BCUT2D eigenvalue weighted by Crippen LogP contribution is 2.32. The lowest BCUT2D eigenvalue weighted by Crippen LogP contribution is -2.37. The monoisotopic (exact) mass is 306 g/mol. The Labute approximate surface area is 133 Å². The summed E-state index contributed by atoms with van der Waals surface area (Å²) >= 11 is 0. The topological polar surface area (TPSA) is 13.1 Å². The molecule has 1 nitrogen and oxygen atoms in total. The van der Waals surface area contributed by atoms with Crippen molar-refractivity contribution in [3.63, 3.8) is 0 Å². The summed E-state index contributed by atoms with van der Waals surface area (Å²) in [6.07, 6.45) is 3.84. The van der Waals surface area contributed by atoms with Crippen LogP contribution in [0.1, 0.15) is 5.56 Å². The zero-order valence-electron chi connectivity index (χ0n) is 13.7. The van der Waals surface area contributed by atoms with Crippen LogP contribution in [0.2, 0.25) is 19.6 Å². The highest BCUT2D eigenvalue weighted by Gasteiger charge is 2.24. The summed E-state index contributed by atoms with van der Waals surface area (Å²) in [5, 5.41) is 1.38. The first kappa shape index (κ1) is 14.9. The third kappa shape index (κ3) is 2.79. The second-order valence-electron chi connectivity index (χ2n) is 6.86. The zero-order chi connectivity index (χ0) is 15.7. The van der Waals surface area contributed by atoms with Crippen LogP contribution in [0.25, 0.3) is 22.3 Å². The molecule has 0 aliphatic rings. The van der Waals surface area contributed by atoms with E-state index in [1.54, 1.807) is 0 Å². The second kappa shape index (κ2) is 5.62. The van der Waals surface area contributed by atoms with Crippen LogP contribution in [0.15, 0.2) is 65.5 Å². The second-order valence-corrected chi connectivity index (χ2v) is 11.9. The summed E-state index contributed by atoms with van der Waals surface area (Å²) in [4.78, 5) is 0. The van der Waals surface area contributed by atoms with Gasteiger partial charge in [-0.15, -0.1) is 0 Å². The highest BCUT2D eigenvalue weighted by atomic mass is 28.3. The summed E-state index contributed by atoms with van der Waals surface area (Å²) < 4.78 is 5.57. The van der Waals surface area contributed by atoms with Gasteiger partial charge in [0, 0.05) is 5.56 Å². The van der Waals surface area contributed by atoms with Crippen molar-refractivity contribution in [2.75, 3.05) is 0 Å². The Morgan fingerprint density at radius 2 is 1.36 bits per heavy atom. The Hall–Kier alpha value is -2.06. The molecule has 0 atom stereocenters. The third-order valence-electron chi connectivity index (χ3n) is 4.05. The smallest absolute Gasteiger partial charge is 0.0979 e. The molecule has 2 aromatic carbocycles. The molecule has 0 amide bonds. The molecular weight excluding hydrogens is 284 g/mol. The maximum Gasteiger partial charge on any atom is 0.0979 e. The zero-order valence-corrected chi connectivity index (χ0v) is 14.7. The Balaban J connectivity index is 2.18. The molecule has 0 unspecified atom stereocenters. The van der Waals surface area contributed by atoms with Crippen molar-refractivity contribution in [1.82, 2.24) is 0 Å². The van der Waals surface area contributed by atoms with E-state index >= 15 is 0 Å². The number of hydrogen-bond acceptors (Lipinski definition) is 1. The average molecular weight is 306 g/mol. The Kier molecular flexibility index (Phi) is 3.79. The number of hydrogen-bond donors (Lipinski definition) is 0. The molecule has 0 saturated heterocycles. The first-order valence-electron chi connectivity index (χ1n) is 7.70. The lowest BCUT2D eigenvalue weighted by atomic mass is 9.95. The Morgan fingerprint density at radius 3 is 2.00 bits per heavy atom. The summed E-state index contributed by atoms with van der Waals surface area (Å²) in [5.41, 5.74) is 6.31. The molecule has 0 aliphatic heterocycles. The minimum atomic E-state index is -1.44. The van der Waals surface area contributed by atoms with E-state index in [0.29, 0.717) is 0 Å². The molecule has 2 heteroatoms. The van der Waals surface area contributed by atoms with E-state index in [1.807, 2.05) is 12.5 Å². The van der Waals surface area contributed by atoms with Crippen molar-refractivity contribution < 1.29 is 4.42 Å².